The second-order valence-electron chi connectivity index (χ2n) is 8.25. The molecule has 0 atom stereocenters. The van der Waals surface area contributed by atoms with Crippen molar-refractivity contribution >= 4 is 28.8 Å². The fourth-order valence-electron chi connectivity index (χ4n) is 4.32. The molecule has 0 aliphatic heterocycles. The Bertz CT molecular complexity index is 1530. The lowest BCUT2D eigenvalue weighted by Crippen LogP contribution is -2.27. The molecule has 5 rings (SSSR count). The monoisotopic (exact) mass is 540 g/mol. The number of rotatable bonds is 3. The Morgan fingerprint density at radius 1 is 1.03 bits per heavy atom. The number of aryl methyl sites for hydroxylation is 1. The molecule has 0 bridgehead atoms. The van der Waals surface area contributed by atoms with E-state index in [-0.39, 0.29) is 34.0 Å². The number of hydrogen-bond acceptors (Lipinski definition) is 4. The first-order valence-electron chi connectivity index (χ1n) is 10.8. The van der Waals surface area contributed by atoms with E-state index in [1.54, 1.807) is 18.2 Å². The molecule has 6 nitrogen and oxygen atoms in total. The van der Waals surface area contributed by atoms with Crippen LogP contribution in [0, 0.1) is 0 Å². The largest absolute Gasteiger partial charge is 0.573 e. The molecule has 0 fully saturated rings. The van der Waals surface area contributed by atoms with Crippen molar-refractivity contribution in [2.45, 2.75) is 25.4 Å². The molecule has 2 aromatic heterocycles. The van der Waals surface area contributed by atoms with Crippen LogP contribution in [-0.4, -0.2) is 33.9 Å². The minimum Gasteiger partial charge on any atom is -0.406 e. The number of halogens is 7. The summed E-state index contributed by atoms with van der Waals surface area (Å²) in [7, 11) is 1.28. The number of carbonyl (C=O) groups is 1. The number of anilines is 1. The number of aromatic nitrogens is 3. The van der Waals surface area contributed by atoms with Gasteiger partial charge in [0, 0.05) is 23.9 Å². The van der Waals surface area contributed by atoms with Gasteiger partial charge >= 0.3 is 12.5 Å². The Balaban J connectivity index is 1.60. The Hall–Kier alpha value is -3.80. The van der Waals surface area contributed by atoms with Crippen LogP contribution in [-0.2, 0) is 19.0 Å². The average Bonchev–Trinajstić information content (AvgIpc) is 3.16. The Kier molecular flexibility index (Phi) is 5.81. The van der Waals surface area contributed by atoms with Crippen LogP contribution in [0.3, 0.4) is 0 Å². The lowest BCUT2D eigenvalue weighted by atomic mass is 9.88. The van der Waals surface area contributed by atoms with E-state index >= 15 is 0 Å². The summed E-state index contributed by atoms with van der Waals surface area (Å²) >= 11 is 6.37. The Morgan fingerprint density at radius 3 is 2.35 bits per heavy atom. The molecular formula is C24H15ClF6N4O2. The van der Waals surface area contributed by atoms with Crippen LogP contribution in [0.2, 0.25) is 5.02 Å². The fourth-order valence-corrected chi connectivity index (χ4v) is 4.56. The van der Waals surface area contributed by atoms with Crippen LogP contribution in [0.15, 0.2) is 48.5 Å². The summed E-state index contributed by atoms with van der Waals surface area (Å²) in [5.74, 6) is -1.39. The highest BCUT2D eigenvalue weighted by atomic mass is 35.5. The van der Waals surface area contributed by atoms with Crippen LogP contribution in [0.5, 0.6) is 5.75 Å². The van der Waals surface area contributed by atoms with Crippen molar-refractivity contribution in [3.8, 4) is 17.0 Å². The predicted molar refractivity (Wildman–Crippen MR) is 122 cm³/mol. The second-order valence-corrected chi connectivity index (χ2v) is 8.62. The molecule has 37 heavy (non-hydrogen) atoms. The number of ether oxygens (including phenoxy) is 1. The number of hydrogen-bond donors (Lipinski definition) is 0. The molecule has 0 N–H and O–H groups in total. The van der Waals surface area contributed by atoms with Gasteiger partial charge in [0.2, 0.25) is 0 Å². The minimum absolute atomic E-state index is 0.0505. The third-order valence-corrected chi connectivity index (χ3v) is 6.30. The van der Waals surface area contributed by atoms with Gasteiger partial charge in [0.05, 0.1) is 5.69 Å². The van der Waals surface area contributed by atoms with Crippen molar-refractivity contribution in [2.75, 3.05) is 11.9 Å². The fraction of sp³-hybridized carbons (Fsp3) is 0.208. The summed E-state index contributed by atoms with van der Waals surface area (Å²) in [6, 6.07) is 11.3. The summed E-state index contributed by atoms with van der Waals surface area (Å²) in [6.45, 7) is 0. The minimum atomic E-state index is -4.89. The maximum Gasteiger partial charge on any atom is 0.573 e. The number of alkyl halides is 6. The van der Waals surface area contributed by atoms with E-state index in [0.717, 1.165) is 22.6 Å². The van der Waals surface area contributed by atoms with Gasteiger partial charge in [-0.1, -0.05) is 35.9 Å². The lowest BCUT2D eigenvalue weighted by molar-refractivity contribution is -0.274. The van der Waals surface area contributed by atoms with Crippen molar-refractivity contribution in [3.63, 3.8) is 0 Å². The Morgan fingerprint density at radius 2 is 1.70 bits per heavy atom. The summed E-state index contributed by atoms with van der Waals surface area (Å²) in [5, 5.41) is 3.51. The lowest BCUT2D eigenvalue weighted by Gasteiger charge is -2.23. The van der Waals surface area contributed by atoms with Crippen molar-refractivity contribution in [1.29, 1.82) is 0 Å². The van der Waals surface area contributed by atoms with Gasteiger partial charge in [0.15, 0.2) is 17.0 Å². The van der Waals surface area contributed by atoms with Gasteiger partial charge < -0.3 is 9.64 Å². The molecule has 2 heterocycles. The van der Waals surface area contributed by atoms with Gasteiger partial charge in [-0.2, -0.15) is 18.3 Å². The van der Waals surface area contributed by atoms with E-state index in [1.807, 2.05) is 6.07 Å². The summed E-state index contributed by atoms with van der Waals surface area (Å²) < 4.78 is 84.4. The smallest absolute Gasteiger partial charge is 0.406 e. The maximum absolute atomic E-state index is 14.3. The maximum atomic E-state index is 14.3. The van der Waals surface area contributed by atoms with Gasteiger partial charge in [0.1, 0.15) is 10.8 Å². The number of nitrogens with zero attached hydrogens (tertiary/aromatic N) is 4. The van der Waals surface area contributed by atoms with Crippen molar-refractivity contribution in [2.24, 2.45) is 0 Å². The highest BCUT2D eigenvalue weighted by molar-refractivity contribution is 6.37. The van der Waals surface area contributed by atoms with Crippen LogP contribution >= 0.6 is 11.6 Å². The molecule has 0 unspecified atom stereocenters. The number of fused-ring (bicyclic) bond motifs is 4. The van der Waals surface area contributed by atoms with Crippen LogP contribution < -0.4 is 9.64 Å². The zero-order valence-corrected chi connectivity index (χ0v) is 19.5. The first-order chi connectivity index (χ1) is 17.3. The Labute approximate surface area is 210 Å². The van der Waals surface area contributed by atoms with Gasteiger partial charge in [-0.05, 0) is 42.7 Å². The molecule has 1 aliphatic carbocycles. The second kappa shape index (κ2) is 8.65. The van der Waals surface area contributed by atoms with E-state index in [1.165, 1.54) is 19.2 Å². The first-order valence-corrected chi connectivity index (χ1v) is 11.1. The SMILES string of the molecule is CN(C(=O)c1nn2c(C(F)(F)F)c3c(nc2c1Cl)-c1ccccc1CC3)c1ccc(OC(F)(F)F)cc1. The summed E-state index contributed by atoms with van der Waals surface area (Å²) in [6.07, 6.45) is -9.28. The molecule has 13 heteroatoms. The van der Waals surface area contributed by atoms with E-state index in [9.17, 15) is 31.1 Å². The molecule has 0 saturated heterocycles. The van der Waals surface area contributed by atoms with Crippen molar-refractivity contribution < 1.29 is 35.9 Å². The normalized spacial score (nSPS) is 13.3. The molecule has 1 aliphatic rings. The van der Waals surface area contributed by atoms with Gasteiger partial charge in [-0.25, -0.2) is 9.50 Å². The number of amides is 1. The number of benzene rings is 2. The topological polar surface area (TPSA) is 59.7 Å². The van der Waals surface area contributed by atoms with Crippen molar-refractivity contribution in [3.05, 3.63) is 76.1 Å². The van der Waals surface area contributed by atoms with Crippen LogP contribution in [0.25, 0.3) is 16.9 Å². The molecule has 4 aromatic rings. The third kappa shape index (κ3) is 4.45. The molecular weight excluding hydrogens is 526 g/mol. The van der Waals surface area contributed by atoms with E-state index in [0.29, 0.717) is 16.5 Å². The standard InChI is InChI=1S/C24H15ClF6N4O2/c1-34(13-7-9-14(10-8-13)37-24(29,30)31)22(36)19-17(25)21-32-18-15-5-3-2-4-12(15)6-11-16(18)20(23(26,27)28)35(21)33-19/h2-5,7-10H,6,11H2,1H3. The molecule has 2 aromatic carbocycles. The van der Waals surface area contributed by atoms with Crippen LogP contribution in [0.1, 0.15) is 27.3 Å². The van der Waals surface area contributed by atoms with Crippen molar-refractivity contribution in [1.82, 2.24) is 14.6 Å². The quantitative estimate of drug-likeness (QED) is 0.284. The van der Waals surface area contributed by atoms with Gasteiger partial charge in [-0.3, -0.25) is 4.79 Å². The predicted octanol–water partition coefficient (Wildman–Crippen LogP) is 6.34. The van der Waals surface area contributed by atoms with E-state index in [4.69, 9.17) is 11.6 Å². The van der Waals surface area contributed by atoms with E-state index in [2.05, 4.69) is 14.8 Å². The van der Waals surface area contributed by atoms with E-state index < -0.39 is 35.6 Å². The van der Waals surface area contributed by atoms with Crippen LogP contribution in [0.4, 0.5) is 32.0 Å². The summed E-state index contributed by atoms with van der Waals surface area (Å²) in [4.78, 5) is 18.6. The first kappa shape index (κ1) is 24.9. The summed E-state index contributed by atoms with van der Waals surface area (Å²) in [5.41, 5.74) is -0.320. The van der Waals surface area contributed by atoms with Gasteiger partial charge in [-0.15, -0.1) is 13.2 Å². The highest BCUT2D eigenvalue weighted by Gasteiger charge is 2.41. The highest BCUT2D eigenvalue weighted by Crippen LogP contribution is 2.42. The average molecular weight is 541 g/mol. The van der Waals surface area contributed by atoms with Gasteiger partial charge in [0.25, 0.3) is 5.91 Å². The third-order valence-electron chi connectivity index (χ3n) is 5.96. The number of carbonyl (C=O) groups excluding carboxylic acids is 1. The zero-order valence-electron chi connectivity index (χ0n) is 18.8. The molecule has 1 amide bonds. The molecule has 0 radical (unpaired) electrons. The zero-order chi connectivity index (χ0) is 26.7. The molecule has 0 spiro atoms. The molecule has 192 valence electrons. The molecule has 0 saturated carbocycles.